The molecule has 0 aliphatic carbocycles. The number of nitrogens with zero attached hydrogens (tertiary/aromatic N) is 2. The highest BCUT2D eigenvalue weighted by Crippen LogP contribution is 2.18. The summed E-state index contributed by atoms with van der Waals surface area (Å²) >= 11 is 1.15. The molecule has 0 fully saturated rings. The third kappa shape index (κ3) is 3.90. The molecule has 0 saturated heterocycles. The molecule has 1 unspecified atom stereocenters. The van der Waals surface area contributed by atoms with E-state index in [0.29, 0.717) is 5.16 Å². The summed E-state index contributed by atoms with van der Waals surface area (Å²) in [6, 6.07) is -0.0413. The summed E-state index contributed by atoms with van der Waals surface area (Å²) in [5.74, 6) is -0.870. The van der Waals surface area contributed by atoms with Gasteiger partial charge >= 0.3 is 11.7 Å². The van der Waals surface area contributed by atoms with Crippen LogP contribution in [0.4, 0.5) is 0 Å². The van der Waals surface area contributed by atoms with Gasteiger partial charge in [0.1, 0.15) is 0 Å². The Morgan fingerprint density at radius 2 is 2.24 bits per heavy atom. The fraction of sp³-hybridized carbons (Fsp3) is 0.667. The second-order valence-corrected chi connectivity index (χ2v) is 4.82. The minimum absolute atomic E-state index is 0.0413. The van der Waals surface area contributed by atoms with Gasteiger partial charge in [-0.3, -0.25) is 9.36 Å². The monoisotopic (exact) mass is 261 g/mol. The highest BCUT2D eigenvalue weighted by molar-refractivity contribution is 7.99. The van der Waals surface area contributed by atoms with Crippen LogP contribution in [-0.2, 0) is 4.79 Å². The summed E-state index contributed by atoms with van der Waals surface area (Å²) in [5.41, 5.74) is -0.310. The zero-order valence-electron chi connectivity index (χ0n) is 9.58. The van der Waals surface area contributed by atoms with Crippen LogP contribution in [0.25, 0.3) is 0 Å². The average Bonchev–Trinajstić information content (AvgIpc) is 2.55. The van der Waals surface area contributed by atoms with Gasteiger partial charge in [0.15, 0.2) is 5.16 Å². The topological polar surface area (TPSA) is 108 Å². The molecule has 1 aromatic heterocycles. The molecule has 0 aliphatic heterocycles. The Kier molecular flexibility index (Phi) is 4.76. The molecule has 17 heavy (non-hydrogen) atoms. The van der Waals surface area contributed by atoms with Crippen molar-refractivity contribution >= 4 is 17.7 Å². The van der Waals surface area contributed by atoms with E-state index in [-0.39, 0.29) is 23.9 Å². The molecule has 1 aromatic rings. The fourth-order valence-corrected chi connectivity index (χ4v) is 2.28. The lowest BCUT2D eigenvalue weighted by Gasteiger charge is -2.10. The highest BCUT2D eigenvalue weighted by Gasteiger charge is 2.15. The van der Waals surface area contributed by atoms with Crippen LogP contribution >= 0.6 is 11.8 Å². The van der Waals surface area contributed by atoms with Gasteiger partial charge in [-0.05, 0) is 13.8 Å². The van der Waals surface area contributed by atoms with Gasteiger partial charge in [-0.2, -0.15) is 0 Å². The van der Waals surface area contributed by atoms with E-state index in [4.69, 9.17) is 5.11 Å². The van der Waals surface area contributed by atoms with Crippen molar-refractivity contribution in [2.75, 3.05) is 5.75 Å². The smallest absolute Gasteiger partial charge is 0.344 e. The summed E-state index contributed by atoms with van der Waals surface area (Å²) in [6.45, 7) is 3.68. The van der Waals surface area contributed by atoms with E-state index in [9.17, 15) is 14.7 Å². The average molecular weight is 261 g/mol. The van der Waals surface area contributed by atoms with E-state index < -0.39 is 12.1 Å². The van der Waals surface area contributed by atoms with Gasteiger partial charge in [0.2, 0.25) is 0 Å². The second-order valence-electron chi connectivity index (χ2n) is 3.84. The van der Waals surface area contributed by atoms with Crippen molar-refractivity contribution in [3.8, 4) is 0 Å². The third-order valence-corrected chi connectivity index (χ3v) is 3.10. The molecule has 0 amide bonds. The van der Waals surface area contributed by atoms with Crippen LogP contribution < -0.4 is 5.69 Å². The van der Waals surface area contributed by atoms with Crippen LogP contribution in [0.2, 0.25) is 0 Å². The van der Waals surface area contributed by atoms with Crippen molar-refractivity contribution < 1.29 is 15.0 Å². The molecule has 7 nitrogen and oxygen atoms in total. The highest BCUT2D eigenvalue weighted by atomic mass is 32.2. The number of carboxylic acid groups (broad SMARTS) is 1. The quantitative estimate of drug-likeness (QED) is 0.626. The molecular weight excluding hydrogens is 246 g/mol. The number of carbonyl (C=O) groups is 1. The molecule has 96 valence electrons. The van der Waals surface area contributed by atoms with Crippen LogP contribution in [0.15, 0.2) is 9.95 Å². The number of aromatic nitrogens is 3. The minimum atomic E-state index is -1.05. The molecule has 0 radical (unpaired) electrons. The number of thioether (sulfide) groups is 1. The first kappa shape index (κ1) is 13.8. The summed E-state index contributed by atoms with van der Waals surface area (Å²) < 4.78 is 1.46. The van der Waals surface area contributed by atoms with Crippen molar-refractivity contribution in [1.29, 1.82) is 0 Å². The maximum atomic E-state index is 11.4. The maximum absolute atomic E-state index is 11.4. The predicted octanol–water partition coefficient (Wildman–Crippen LogP) is 0.0800. The number of carboxylic acids is 1. The van der Waals surface area contributed by atoms with Crippen molar-refractivity contribution in [1.82, 2.24) is 14.8 Å². The lowest BCUT2D eigenvalue weighted by molar-refractivity contribution is -0.138. The van der Waals surface area contributed by atoms with E-state index in [0.717, 1.165) is 11.8 Å². The third-order valence-electron chi connectivity index (χ3n) is 2.00. The molecule has 0 spiro atoms. The molecular formula is C9H15N3O4S. The molecule has 0 aromatic carbocycles. The Morgan fingerprint density at radius 1 is 1.59 bits per heavy atom. The Balaban J connectivity index is 2.63. The summed E-state index contributed by atoms with van der Waals surface area (Å²) in [6.07, 6.45) is -1.27. The molecule has 0 saturated carbocycles. The van der Waals surface area contributed by atoms with Crippen LogP contribution in [-0.4, -0.2) is 42.8 Å². The molecule has 3 N–H and O–H groups in total. The number of H-pyrrole nitrogens is 1. The van der Waals surface area contributed by atoms with E-state index in [1.54, 1.807) is 0 Å². The van der Waals surface area contributed by atoms with Gasteiger partial charge in [0.05, 0.1) is 12.5 Å². The predicted molar refractivity (Wildman–Crippen MR) is 62.2 cm³/mol. The van der Waals surface area contributed by atoms with Crippen LogP contribution in [0.3, 0.4) is 0 Å². The van der Waals surface area contributed by atoms with Gasteiger partial charge in [0, 0.05) is 11.8 Å². The Hall–Kier alpha value is -1.28. The molecule has 1 atom stereocenters. The van der Waals surface area contributed by atoms with Gasteiger partial charge in [-0.15, -0.1) is 5.10 Å². The standard InChI is InChI=1S/C9H15N3O4S/c1-5(2)12-8(16)10-11-9(12)17-4-6(13)3-7(14)15/h5-6,13H,3-4H2,1-2H3,(H,10,16)(H,14,15). The molecule has 0 aliphatic rings. The number of aromatic amines is 1. The van der Waals surface area contributed by atoms with E-state index >= 15 is 0 Å². The zero-order chi connectivity index (χ0) is 13.0. The summed E-state index contributed by atoms with van der Waals surface area (Å²) in [4.78, 5) is 21.7. The second kappa shape index (κ2) is 5.87. The zero-order valence-corrected chi connectivity index (χ0v) is 10.4. The van der Waals surface area contributed by atoms with Crippen LogP contribution in [0, 0.1) is 0 Å². The Morgan fingerprint density at radius 3 is 2.76 bits per heavy atom. The number of hydrogen-bond donors (Lipinski definition) is 3. The fourth-order valence-electron chi connectivity index (χ4n) is 1.28. The Labute approximate surface area is 102 Å². The molecule has 8 heteroatoms. The minimum Gasteiger partial charge on any atom is -0.481 e. The first-order valence-corrected chi connectivity index (χ1v) is 6.10. The number of nitrogens with one attached hydrogen (secondary N) is 1. The first-order valence-electron chi connectivity index (χ1n) is 5.11. The van der Waals surface area contributed by atoms with Gasteiger partial charge in [-0.1, -0.05) is 11.8 Å². The number of aliphatic hydroxyl groups excluding tert-OH is 1. The van der Waals surface area contributed by atoms with Crippen molar-refractivity contribution in [3.05, 3.63) is 10.5 Å². The molecule has 0 bridgehead atoms. The lowest BCUT2D eigenvalue weighted by Crippen LogP contribution is -2.20. The number of aliphatic carboxylic acids is 1. The van der Waals surface area contributed by atoms with E-state index in [2.05, 4.69) is 10.2 Å². The SMILES string of the molecule is CC(C)n1c(SCC(O)CC(=O)O)n[nH]c1=O. The van der Waals surface area contributed by atoms with E-state index in [1.807, 2.05) is 13.8 Å². The first-order chi connectivity index (χ1) is 7.91. The van der Waals surface area contributed by atoms with Crippen molar-refractivity contribution in [2.24, 2.45) is 0 Å². The summed E-state index contributed by atoms with van der Waals surface area (Å²) in [7, 11) is 0. The normalized spacial score (nSPS) is 12.9. The lowest BCUT2D eigenvalue weighted by atomic mass is 10.3. The number of rotatable bonds is 6. The number of aliphatic hydroxyl groups is 1. The number of hydrogen-bond acceptors (Lipinski definition) is 5. The maximum Gasteiger partial charge on any atom is 0.344 e. The Bertz CT molecular complexity index is 440. The van der Waals surface area contributed by atoms with Crippen molar-refractivity contribution in [3.63, 3.8) is 0 Å². The van der Waals surface area contributed by atoms with Gasteiger partial charge in [-0.25, -0.2) is 9.89 Å². The molecule has 1 heterocycles. The van der Waals surface area contributed by atoms with E-state index in [1.165, 1.54) is 4.57 Å². The van der Waals surface area contributed by atoms with Crippen molar-refractivity contribution in [2.45, 2.75) is 37.6 Å². The molecule has 1 rings (SSSR count). The van der Waals surface area contributed by atoms with Crippen LogP contribution in [0.5, 0.6) is 0 Å². The largest absolute Gasteiger partial charge is 0.481 e. The van der Waals surface area contributed by atoms with Gasteiger partial charge in [0.25, 0.3) is 0 Å². The summed E-state index contributed by atoms with van der Waals surface area (Å²) in [5, 5.41) is 24.5. The van der Waals surface area contributed by atoms with Gasteiger partial charge < -0.3 is 10.2 Å². The van der Waals surface area contributed by atoms with Crippen LogP contribution in [0.1, 0.15) is 26.3 Å².